The molecule has 0 heterocycles. The summed E-state index contributed by atoms with van der Waals surface area (Å²) in [4.78, 5) is 105. The zero-order chi connectivity index (χ0) is 49.1. The van der Waals surface area contributed by atoms with Gasteiger partial charge in [0.15, 0.2) is 5.96 Å². The van der Waals surface area contributed by atoms with Crippen LogP contribution in [0, 0.1) is 23.2 Å². The van der Waals surface area contributed by atoms with Crippen molar-refractivity contribution in [2.75, 3.05) is 52.7 Å². The first-order valence-electron chi connectivity index (χ1n) is 21.7. The van der Waals surface area contributed by atoms with Crippen molar-refractivity contribution in [3.05, 3.63) is 35.9 Å². The van der Waals surface area contributed by atoms with Crippen LogP contribution in [0.15, 0.2) is 30.3 Å². The maximum absolute atomic E-state index is 13.9. The molecule has 0 aliphatic carbocycles. The molecule has 23 heteroatoms. The van der Waals surface area contributed by atoms with Gasteiger partial charge < -0.3 is 74.3 Å². The molecule has 1 aromatic carbocycles. The highest BCUT2D eigenvalue weighted by Gasteiger charge is 2.34. The molecule has 0 aromatic heterocycles. The number of hydrogen-bond donors (Lipinski definition) is 13. The van der Waals surface area contributed by atoms with Crippen molar-refractivity contribution in [2.45, 2.75) is 103 Å². The molecule has 0 saturated heterocycles. The number of amides is 8. The third-order valence-corrected chi connectivity index (χ3v) is 9.54. The third-order valence-electron chi connectivity index (χ3n) is 9.54. The number of nitrogens with one attached hydrogen (secondary N) is 9. The summed E-state index contributed by atoms with van der Waals surface area (Å²) < 4.78 is 10.4. The summed E-state index contributed by atoms with van der Waals surface area (Å²) in [6.07, 6.45) is 0.656. The zero-order valence-corrected chi connectivity index (χ0v) is 38.3. The predicted molar refractivity (Wildman–Crippen MR) is 240 cm³/mol. The van der Waals surface area contributed by atoms with E-state index >= 15 is 0 Å². The van der Waals surface area contributed by atoms with E-state index in [0.717, 1.165) is 0 Å². The molecule has 0 aliphatic heterocycles. The van der Waals surface area contributed by atoms with Gasteiger partial charge in [-0.2, -0.15) is 0 Å². The van der Waals surface area contributed by atoms with Gasteiger partial charge in [-0.1, -0.05) is 71.9 Å². The highest BCUT2D eigenvalue weighted by Crippen LogP contribution is 2.11. The molecule has 16 N–H and O–H groups in total. The second-order valence-corrected chi connectivity index (χ2v) is 16.4. The Labute approximate surface area is 380 Å². The van der Waals surface area contributed by atoms with Gasteiger partial charge in [0.2, 0.25) is 47.3 Å². The maximum atomic E-state index is 13.9. The Kier molecular flexibility index (Phi) is 27.3. The molecule has 0 aliphatic rings. The molecule has 8 amide bonds. The first-order chi connectivity index (χ1) is 30.7. The van der Waals surface area contributed by atoms with Crippen molar-refractivity contribution in [3.8, 4) is 0 Å². The summed E-state index contributed by atoms with van der Waals surface area (Å²) in [5.41, 5.74) is 16.8. The number of carbonyl (C=O) groups is 8. The summed E-state index contributed by atoms with van der Waals surface area (Å²) >= 11 is 0. The van der Waals surface area contributed by atoms with Gasteiger partial charge in [0.05, 0.1) is 33.0 Å². The van der Waals surface area contributed by atoms with Crippen LogP contribution in [0.25, 0.3) is 0 Å². The molecular formula is C42H72N12O11. The molecule has 1 aromatic rings. The largest absolute Gasteiger partial charge is 0.394 e. The highest BCUT2D eigenvalue weighted by atomic mass is 16.5. The van der Waals surface area contributed by atoms with Gasteiger partial charge in [-0.05, 0) is 42.6 Å². The molecule has 0 spiro atoms. The van der Waals surface area contributed by atoms with Crippen LogP contribution in [0.4, 0.5) is 0 Å². The fourth-order valence-electron chi connectivity index (χ4n) is 6.11. The van der Waals surface area contributed by atoms with Gasteiger partial charge in [-0.15, -0.1) is 0 Å². The van der Waals surface area contributed by atoms with E-state index in [-0.39, 0.29) is 50.9 Å². The van der Waals surface area contributed by atoms with Gasteiger partial charge in [0.1, 0.15) is 42.9 Å². The Morgan fingerprint density at radius 2 is 1.20 bits per heavy atom. The fourth-order valence-corrected chi connectivity index (χ4v) is 6.11. The van der Waals surface area contributed by atoms with Crippen molar-refractivity contribution < 1.29 is 52.9 Å². The van der Waals surface area contributed by atoms with Gasteiger partial charge in [-0.3, -0.25) is 43.8 Å². The Morgan fingerprint density at radius 1 is 0.646 bits per heavy atom. The highest BCUT2D eigenvalue weighted by molar-refractivity contribution is 5.97. The molecule has 0 radical (unpaired) electrons. The standard InChI is InChI=1S/C42H72N12O11/c1-24(2)19-29(38(60)51-28(36(44)58)13-10-15-47-42(45)46)49-32(56)21-48-37(59)30(20-27-11-8-7-9-12-27)52-40(62)34(25(3)4)54-41(63)35(26(5)6)53-39(61)31(22-55)50-33(57)23-65-18-17-64-16-14-43/h7-9,11-12,24-26,28-31,34-35,55H,10,13-23,43H2,1-6H3,(H2,44,58)(H,48,59)(H,49,56)(H,50,57)(H,51,60)(H,52,62)(H,53,61)(H,54,63)(H4,45,46,47). The first kappa shape index (κ1) is 57.1. The lowest BCUT2D eigenvalue weighted by Gasteiger charge is -2.29. The number of aliphatic hydroxyl groups excluding tert-OH is 1. The Balaban J connectivity index is 3.10. The number of nitrogens with two attached hydrogens (primary N) is 3. The molecule has 1 rings (SSSR count). The van der Waals surface area contributed by atoms with E-state index in [0.29, 0.717) is 25.1 Å². The molecule has 366 valence electrons. The summed E-state index contributed by atoms with van der Waals surface area (Å²) in [6, 6.07) is 1.43. The number of benzene rings is 1. The summed E-state index contributed by atoms with van der Waals surface area (Å²) in [7, 11) is 0. The van der Waals surface area contributed by atoms with Crippen molar-refractivity contribution in [3.63, 3.8) is 0 Å². The normalized spacial score (nSPS) is 13.9. The van der Waals surface area contributed by atoms with Crippen LogP contribution >= 0.6 is 0 Å². The van der Waals surface area contributed by atoms with Gasteiger partial charge in [-0.25, -0.2) is 0 Å². The van der Waals surface area contributed by atoms with E-state index in [1.54, 1.807) is 58.0 Å². The van der Waals surface area contributed by atoms with Crippen molar-refractivity contribution >= 4 is 53.2 Å². The summed E-state index contributed by atoms with van der Waals surface area (Å²) in [5.74, 6) is -7.39. The molecular weight excluding hydrogens is 849 g/mol. The van der Waals surface area contributed by atoms with Gasteiger partial charge in [0, 0.05) is 19.5 Å². The summed E-state index contributed by atoms with van der Waals surface area (Å²) in [5, 5.41) is 37.6. The van der Waals surface area contributed by atoms with Crippen LogP contribution in [0.3, 0.4) is 0 Å². The van der Waals surface area contributed by atoms with Crippen LogP contribution in [-0.4, -0.2) is 147 Å². The van der Waals surface area contributed by atoms with Gasteiger partial charge in [0.25, 0.3) is 0 Å². The van der Waals surface area contributed by atoms with E-state index < -0.39 is 115 Å². The average molecular weight is 921 g/mol. The molecule has 0 bridgehead atoms. The molecule has 65 heavy (non-hydrogen) atoms. The molecule has 6 unspecified atom stereocenters. The van der Waals surface area contributed by atoms with E-state index in [9.17, 15) is 43.5 Å². The minimum absolute atomic E-state index is 0.0142. The van der Waals surface area contributed by atoms with E-state index in [1.807, 2.05) is 13.8 Å². The third kappa shape index (κ3) is 23.6. The van der Waals surface area contributed by atoms with Crippen molar-refractivity contribution in [1.82, 2.24) is 42.5 Å². The number of aliphatic hydroxyl groups is 1. The average Bonchev–Trinajstić information content (AvgIpc) is 3.24. The minimum Gasteiger partial charge on any atom is -0.394 e. The van der Waals surface area contributed by atoms with Crippen molar-refractivity contribution in [1.29, 1.82) is 5.41 Å². The van der Waals surface area contributed by atoms with E-state index in [1.165, 1.54) is 0 Å². The molecule has 0 saturated carbocycles. The van der Waals surface area contributed by atoms with Crippen molar-refractivity contribution in [2.24, 2.45) is 35.0 Å². The Hall–Kier alpha value is -5.91. The van der Waals surface area contributed by atoms with Crippen LogP contribution in [0.1, 0.15) is 66.4 Å². The van der Waals surface area contributed by atoms with Crippen LogP contribution in [0.2, 0.25) is 0 Å². The number of rotatable bonds is 32. The number of ether oxygens (including phenoxy) is 2. The lowest BCUT2D eigenvalue weighted by Crippen LogP contribution is -2.61. The van der Waals surface area contributed by atoms with Crippen LogP contribution in [0.5, 0.6) is 0 Å². The zero-order valence-electron chi connectivity index (χ0n) is 38.3. The maximum Gasteiger partial charge on any atom is 0.246 e. The number of primary amides is 1. The number of hydrogen-bond acceptors (Lipinski definition) is 13. The topological polar surface area (TPSA) is 373 Å². The Bertz CT molecular complexity index is 1700. The van der Waals surface area contributed by atoms with E-state index in [2.05, 4.69) is 42.5 Å². The van der Waals surface area contributed by atoms with Crippen LogP contribution < -0.4 is 59.7 Å². The second kappa shape index (κ2) is 31.0. The molecule has 23 nitrogen and oxygen atoms in total. The lowest BCUT2D eigenvalue weighted by atomic mass is 9.98. The second-order valence-electron chi connectivity index (χ2n) is 16.4. The van der Waals surface area contributed by atoms with Crippen LogP contribution in [-0.2, 0) is 54.3 Å². The SMILES string of the molecule is CC(C)CC(NC(=O)CNC(=O)C(Cc1ccccc1)NC(=O)C(NC(=O)C(NC(=O)C(CO)NC(=O)COCCOCCN)C(C)C)C(C)C)C(=O)NC(CCCNC(=N)N)C(N)=O. The smallest absolute Gasteiger partial charge is 0.246 e. The summed E-state index contributed by atoms with van der Waals surface area (Å²) in [6.45, 7) is 9.66. The predicted octanol–water partition coefficient (Wildman–Crippen LogP) is -3.66. The number of guanidine groups is 1. The monoisotopic (exact) mass is 921 g/mol. The minimum atomic E-state index is -1.43. The lowest BCUT2D eigenvalue weighted by molar-refractivity contribution is -0.137. The fraction of sp³-hybridized carbons (Fsp3) is 0.643. The Morgan fingerprint density at radius 3 is 1.75 bits per heavy atom. The molecule has 0 fully saturated rings. The first-order valence-corrected chi connectivity index (χ1v) is 21.7. The molecule has 6 atom stereocenters. The van der Waals surface area contributed by atoms with E-state index in [4.69, 9.17) is 32.1 Å². The van der Waals surface area contributed by atoms with Gasteiger partial charge >= 0.3 is 0 Å². The number of carbonyl (C=O) groups excluding carboxylic acids is 8. The quantitative estimate of drug-likeness (QED) is 0.0188.